The van der Waals surface area contributed by atoms with Crippen molar-refractivity contribution in [3.05, 3.63) is 48.2 Å². The molecule has 4 N–H and O–H groups in total. The van der Waals surface area contributed by atoms with Crippen molar-refractivity contribution >= 4 is 32.3 Å². The molecule has 44 heavy (non-hydrogen) atoms. The molecule has 1 aromatic heterocycles. The zero-order chi connectivity index (χ0) is 31.1. The number of nitrogens with one attached hydrogen (secondary N) is 2. The molecule has 2 aromatic carbocycles. The molecule has 0 amide bonds. The molecule has 2 atom stereocenters. The summed E-state index contributed by atoms with van der Waals surface area (Å²) in [4.78, 5) is 2.47. The summed E-state index contributed by atoms with van der Waals surface area (Å²) in [6.07, 6.45) is 1.70. The molecule has 2 unspecified atom stereocenters. The Morgan fingerprint density at radius 3 is 2.45 bits per heavy atom. The third-order valence-corrected chi connectivity index (χ3v) is 9.64. The maximum absolute atomic E-state index is 13.7. The first-order valence-electron chi connectivity index (χ1n) is 14.8. The first-order valence-corrected chi connectivity index (χ1v) is 16.3. The number of benzene rings is 2. The number of aromatic nitrogens is 1. The summed E-state index contributed by atoms with van der Waals surface area (Å²) >= 11 is 0. The van der Waals surface area contributed by atoms with E-state index in [1.165, 1.54) is 36.3 Å². The number of fused-ring (bicyclic) bond motifs is 3. The van der Waals surface area contributed by atoms with Crippen molar-refractivity contribution in [2.45, 2.75) is 74.0 Å². The molecule has 1 saturated carbocycles. The molecule has 236 valence electrons. The van der Waals surface area contributed by atoms with E-state index in [9.17, 15) is 21.6 Å². The summed E-state index contributed by atoms with van der Waals surface area (Å²) in [5.74, 6) is 6.04. The van der Waals surface area contributed by atoms with Gasteiger partial charge in [-0.25, -0.2) is 13.6 Å². The Bertz CT molecular complexity index is 1670. The molecular weight excluding hydrogens is 595 g/mol. The number of hydrogen-bond donors (Lipinski definition) is 3. The monoisotopic (exact) mass is 631 g/mol. The average Bonchev–Trinajstić information content (AvgIpc) is 3.31. The molecule has 4 fully saturated rings. The maximum Gasteiger partial charge on any atom is 0.406 e. The topological polar surface area (TPSA) is 111 Å². The average molecular weight is 632 g/mol. The molecule has 3 saturated heterocycles. The van der Waals surface area contributed by atoms with E-state index in [1.807, 2.05) is 6.07 Å². The lowest BCUT2D eigenvalue weighted by atomic mass is 9.87. The lowest BCUT2D eigenvalue weighted by Crippen LogP contribution is -2.60. The van der Waals surface area contributed by atoms with Gasteiger partial charge < -0.3 is 24.7 Å². The van der Waals surface area contributed by atoms with Crippen molar-refractivity contribution < 1.29 is 31.1 Å². The van der Waals surface area contributed by atoms with Crippen LogP contribution in [0.25, 0.3) is 10.9 Å². The molecule has 7 rings (SSSR count). The van der Waals surface area contributed by atoms with E-state index in [0.29, 0.717) is 34.8 Å². The van der Waals surface area contributed by atoms with E-state index in [-0.39, 0.29) is 28.9 Å². The van der Waals surface area contributed by atoms with Crippen molar-refractivity contribution in [3.8, 4) is 17.6 Å². The number of halogens is 3. The van der Waals surface area contributed by atoms with Crippen molar-refractivity contribution in [1.82, 2.24) is 9.47 Å². The van der Waals surface area contributed by atoms with E-state index < -0.39 is 22.7 Å². The number of rotatable bonds is 8. The zero-order valence-electron chi connectivity index (χ0n) is 24.4. The summed E-state index contributed by atoms with van der Waals surface area (Å²) in [6, 6.07) is 12.0. The van der Waals surface area contributed by atoms with Crippen LogP contribution < -0.4 is 20.5 Å². The summed E-state index contributed by atoms with van der Waals surface area (Å²) in [7, 11) is -2.52. The van der Waals surface area contributed by atoms with Gasteiger partial charge in [0.1, 0.15) is 12.3 Å². The smallest absolute Gasteiger partial charge is 0.406 e. The minimum atomic E-state index is -4.43. The number of hydrogen-bond acceptors (Lipinski definition) is 7. The number of ether oxygens (including phenoxy) is 2. The molecule has 2 bridgehead atoms. The number of anilines is 2. The highest BCUT2D eigenvalue weighted by Crippen LogP contribution is 2.35. The molecule has 4 aliphatic rings. The Hall–Kier alpha value is -3.44. The van der Waals surface area contributed by atoms with Crippen LogP contribution in [0.2, 0.25) is 0 Å². The van der Waals surface area contributed by atoms with Crippen molar-refractivity contribution in [2.75, 3.05) is 37.4 Å². The molecule has 4 heterocycles. The Labute approximate surface area is 254 Å². The zero-order valence-corrected chi connectivity index (χ0v) is 25.2. The number of morpholine rings is 1. The van der Waals surface area contributed by atoms with Crippen molar-refractivity contribution in [2.24, 2.45) is 5.14 Å². The Morgan fingerprint density at radius 2 is 1.80 bits per heavy atom. The number of primary sulfonamides is 1. The van der Waals surface area contributed by atoms with Crippen LogP contribution in [0.5, 0.6) is 5.75 Å². The van der Waals surface area contributed by atoms with Crippen molar-refractivity contribution in [3.63, 3.8) is 0 Å². The fourth-order valence-corrected chi connectivity index (χ4v) is 7.15. The van der Waals surface area contributed by atoms with E-state index in [2.05, 4.69) is 27.4 Å². The van der Waals surface area contributed by atoms with E-state index in [1.54, 1.807) is 18.2 Å². The van der Waals surface area contributed by atoms with E-state index in [0.717, 1.165) is 44.5 Å². The van der Waals surface area contributed by atoms with Gasteiger partial charge in [-0.15, -0.1) is 0 Å². The van der Waals surface area contributed by atoms with Gasteiger partial charge in [0.05, 0.1) is 47.7 Å². The number of methoxy groups -OCH3 is 1. The third-order valence-electron chi connectivity index (χ3n) is 8.73. The van der Waals surface area contributed by atoms with Crippen molar-refractivity contribution in [1.29, 1.82) is 0 Å². The van der Waals surface area contributed by atoms with E-state index in [4.69, 9.17) is 14.6 Å². The van der Waals surface area contributed by atoms with Gasteiger partial charge >= 0.3 is 6.18 Å². The van der Waals surface area contributed by atoms with Gasteiger partial charge in [0.2, 0.25) is 10.0 Å². The minimum Gasteiger partial charge on any atom is -0.495 e. The summed E-state index contributed by atoms with van der Waals surface area (Å²) in [6.45, 7) is 0.955. The quantitative estimate of drug-likeness (QED) is 0.314. The molecule has 3 aliphatic heterocycles. The van der Waals surface area contributed by atoms with Crippen LogP contribution in [0, 0.1) is 11.8 Å². The molecule has 1 aliphatic carbocycles. The minimum absolute atomic E-state index is 0.0810. The van der Waals surface area contributed by atoms with Gasteiger partial charge in [0.25, 0.3) is 0 Å². The Balaban J connectivity index is 1.17. The van der Waals surface area contributed by atoms with Crippen LogP contribution in [0.4, 0.5) is 24.5 Å². The maximum atomic E-state index is 13.7. The highest BCUT2D eigenvalue weighted by atomic mass is 32.2. The number of sulfonamides is 1. The van der Waals surface area contributed by atoms with Gasteiger partial charge in [-0.3, -0.25) is 4.90 Å². The lowest BCUT2D eigenvalue weighted by molar-refractivity contribution is -0.189. The summed E-state index contributed by atoms with van der Waals surface area (Å²) < 4.78 is 76.5. The Kier molecular flexibility index (Phi) is 8.45. The standard InChI is InChI=1S/C31H36F3N5O4S/c1-42-30-16-25(44(35,40)41)11-12-28(30)36-13-3-4-22-14-26-27(5-2-6-29(26)39(22)19-31(32,33)34)37-20-7-9-21(10-8-20)38-17-23-15-24(18-38)43-23/h2,5-6,11-12,14,16,20-21,23-24,36-37H,7-10,13,15,17-19H2,1H3,(H2,35,40,41)/t20-,21-,23?,24?. The predicted molar refractivity (Wildman–Crippen MR) is 162 cm³/mol. The molecule has 13 heteroatoms. The number of nitrogens with zero attached hydrogens (tertiary/aromatic N) is 2. The largest absolute Gasteiger partial charge is 0.495 e. The van der Waals surface area contributed by atoms with Crippen LogP contribution in [0.3, 0.4) is 0 Å². The van der Waals surface area contributed by atoms with Gasteiger partial charge in [0.15, 0.2) is 0 Å². The number of alkyl halides is 3. The SMILES string of the molecule is COc1cc(S(N)(=O)=O)ccc1NCC#Cc1cc2c(N[C@H]3CC[C@H](N4CC5CC(C4)O5)CC3)cccc2n1CC(F)(F)F. The fourth-order valence-electron chi connectivity index (χ4n) is 6.62. The molecule has 3 aromatic rings. The Morgan fingerprint density at radius 1 is 1.07 bits per heavy atom. The first kappa shape index (κ1) is 30.6. The summed E-state index contributed by atoms with van der Waals surface area (Å²) in [5, 5.41) is 12.5. The van der Waals surface area contributed by atoms with Crippen LogP contribution >= 0.6 is 0 Å². The normalized spacial score (nSPS) is 23.8. The lowest BCUT2D eigenvalue weighted by Gasteiger charge is -2.50. The molecular formula is C31H36F3N5O4S. The molecule has 0 radical (unpaired) electrons. The first-order chi connectivity index (χ1) is 21.0. The highest BCUT2D eigenvalue weighted by molar-refractivity contribution is 7.89. The summed E-state index contributed by atoms with van der Waals surface area (Å²) in [5.41, 5.74) is 1.99. The van der Waals surface area contributed by atoms with Gasteiger partial charge in [-0.2, -0.15) is 13.2 Å². The molecule has 9 nitrogen and oxygen atoms in total. The van der Waals surface area contributed by atoms with Crippen LogP contribution in [0.15, 0.2) is 47.4 Å². The number of nitrogens with two attached hydrogens (primary N) is 1. The predicted octanol–water partition coefficient (Wildman–Crippen LogP) is 4.52. The highest BCUT2D eigenvalue weighted by Gasteiger charge is 2.41. The van der Waals surface area contributed by atoms with E-state index >= 15 is 0 Å². The van der Waals surface area contributed by atoms with Crippen LogP contribution in [0.1, 0.15) is 37.8 Å². The second-order valence-corrected chi connectivity index (χ2v) is 13.3. The third kappa shape index (κ3) is 6.78. The van der Waals surface area contributed by atoms with Crippen LogP contribution in [-0.4, -0.2) is 75.1 Å². The van der Waals surface area contributed by atoms with Gasteiger partial charge in [0, 0.05) is 48.7 Å². The van der Waals surface area contributed by atoms with Gasteiger partial charge in [-0.05, 0) is 61.9 Å². The number of piperidine rings is 1. The molecule has 0 spiro atoms. The second-order valence-electron chi connectivity index (χ2n) is 11.8. The van der Waals surface area contributed by atoms with Crippen LogP contribution in [-0.2, 0) is 21.3 Å². The second kappa shape index (κ2) is 12.2. The fraction of sp³-hybridized carbons (Fsp3) is 0.484. The van der Waals surface area contributed by atoms with Gasteiger partial charge in [-0.1, -0.05) is 12.0 Å².